The molecule has 0 N–H and O–H groups in total. The van der Waals surface area contributed by atoms with Gasteiger partial charge >= 0.3 is 11.9 Å². The van der Waals surface area contributed by atoms with Crippen LogP contribution in [-0.2, 0) is 40.4 Å². The molecule has 1 spiro atoms. The van der Waals surface area contributed by atoms with Gasteiger partial charge in [0.1, 0.15) is 18.0 Å². The van der Waals surface area contributed by atoms with E-state index in [0.29, 0.717) is 19.6 Å². The summed E-state index contributed by atoms with van der Waals surface area (Å²) < 4.78 is 23.8. The van der Waals surface area contributed by atoms with Crippen molar-refractivity contribution in [3.05, 3.63) is 70.3 Å². The Morgan fingerprint density at radius 1 is 1.12 bits per heavy atom. The van der Waals surface area contributed by atoms with E-state index in [2.05, 4.69) is 23.1 Å². The number of amides is 1. The summed E-state index contributed by atoms with van der Waals surface area (Å²) in [7, 11) is 3.13. The van der Waals surface area contributed by atoms with Crippen LogP contribution in [-0.4, -0.2) is 81.5 Å². The maximum absolute atomic E-state index is 13.5. The number of aryl methyl sites for hydroxylation is 1. The van der Waals surface area contributed by atoms with Gasteiger partial charge in [-0.2, -0.15) is 0 Å². The fraction of sp³-hybridized carbons (Fsp3) is 0.575. The fourth-order valence-corrected chi connectivity index (χ4v) is 8.37. The van der Waals surface area contributed by atoms with Crippen LogP contribution in [0.5, 0.6) is 5.75 Å². The average Bonchev–Trinajstić information content (AvgIpc) is 3.21. The van der Waals surface area contributed by atoms with Crippen LogP contribution in [0.2, 0.25) is 5.02 Å². The van der Waals surface area contributed by atoms with Gasteiger partial charge in [0.25, 0.3) is 0 Å². The van der Waals surface area contributed by atoms with E-state index in [0.717, 1.165) is 67.2 Å². The van der Waals surface area contributed by atoms with Crippen molar-refractivity contribution in [2.75, 3.05) is 51.9 Å². The van der Waals surface area contributed by atoms with Gasteiger partial charge in [-0.05, 0) is 112 Å². The molecule has 9 nitrogen and oxygen atoms in total. The summed E-state index contributed by atoms with van der Waals surface area (Å²) in [5, 5.41) is 0.741. The quantitative estimate of drug-likeness (QED) is 0.258. The first-order valence-electron chi connectivity index (χ1n) is 18.0. The number of fused-ring (bicyclic) bond motifs is 4. The van der Waals surface area contributed by atoms with Crippen LogP contribution in [0.25, 0.3) is 0 Å². The first kappa shape index (κ1) is 36.2. The average molecular weight is 707 g/mol. The number of halogens is 1. The molecule has 2 aliphatic heterocycles. The Balaban J connectivity index is 1.39. The Morgan fingerprint density at radius 3 is 2.68 bits per heavy atom. The molecule has 1 fully saturated rings. The zero-order valence-electron chi connectivity index (χ0n) is 30.0. The van der Waals surface area contributed by atoms with Crippen LogP contribution in [0.1, 0.15) is 81.9 Å². The third-order valence-corrected chi connectivity index (χ3v) is 11.1. The normalized spacial score (nSPS) is 27.6. The lowest BCUT2D eigenvalue weighted by molar-refractivity contribution is -0.163. The predicted molar refractivity (Wildman–Crippen MR) is 193 cm³/mol. The molecule has 5 atom stereocenters. The van der Waals surface area contributed by atoms with Crippen LogP contribution in [0, 0.1) is 11.8 Å². The molecular formula is C40H51ClN2O7. The van der Waals surface area contributed by atoms with E-state index in [1.807, 2.05) is 51.1 Å². The van der Waals surface area contributed by atoms with Crippen LogP contribution in [0.3, 0.4) is 0 Å². The van der Waals surface area contributed by atoms with Crippen molar-refractivity contribution in [1.82, 2.24) is 4.90 Å². The van der Waals surface area contributed by atoms with Gasteiger partial charge < -0.3 is 28.7 Å². The van der Waals surface area contributed by atoms with Crippen molar-refractivity contribution >= 4 is 35.1 Å². The van der Waals surface area contributed by atoms with E-state index in [1.165, 1.54) is 18.2 Å². The lowest BCUT2D eigenvalue weighted by Gasteiger charge is -2.46. The lowest BCUT2D eigenvalue weighted by Crippen LogP contribution is -2.50. The Kier molecular flexibility index (Phi) is 10.8. The molecular weight excluding hydrogens is 656 g/mol. The van der Waals surface area contributed by atoms with Crippen LogP contribution in [0.4, 0.5) is 5.69 Å². The van der Waals surface area contributed by atoms with E-state index >= 15 is 0 Å². The molecule has 2 heterocycles. The van der Waals surface area contributed by atoms with E-state index in [-0.39, 0.29) is 48.3 Å². The number of esters is 2. The van der Waals surface area contributed by atoms with Crippen molar-refractivity contribution in [3.8, 4) is 5.75 Å². The molecule has 0 saturated heterocycles. The minimum Gasteiger partial charge on any atom is -0.490 e. The van der Waals surface area contributed by atoms with Gasteiger partial charge in [0, 0.05) is 43.5 Å². The van der Waals surface area contributed by atoms with E-state index in [9.17, 15) is 14.4 Å². The van der Waals surface area contributed by atoms with Gasteiger partial charge in [0.2, 0.25) is 5.91 Å². The third kappa shape index (κ3) is 7.99. The topological polar surface area (TPSA) is 94.6 Å². The molecule has 2 bridgehead atoms. The van der Waals surface area contributed by atoms with Gasteiger partial charge in [-0.3, -0.25) is 9.59 Å². The van der Waals surface area contributed by atoms with Crippen LogP contribution >= 0.6 is 11.6 Å². The summed E-state index contributed by atoms with van der Waals surface area (Å²) >= 11 is 6.47. The molecule has 0 radical (unpaired) electrons. The van der Waals surface area contributed by atoms with Crippen molar-refractivity contribution in [1.29, 1.82) is 0 Å². The van der Waals surface area contributed by atoms with Gasteiger partial charge in [0.05, 0.1) is 31.4 Å². The zero-order valence-corrected chi connectivity index (χ0v) is 30.8. The molecule has 1 saturated carbocycles. The molecule has 2 aliphatic carbocycles. The number of benzene rings is 2. The molecule has 270 valence electrons. The number of nitrogens with zero attached hydrogens (tertiary/aromatic N) is 2. The Morgan fingerprint density at radius 2 is 1.94 bits per heavy atom. The molecule has 50 heavy (non-hydrogen) atoms. The highest BCUT2D eigenvalue weighted by Gasteiger charge is 2.45. The Labute approximate surface area is 301 Å². The summed E-state index contributed by atoms with van der Waals surface area (Å²) in [5.41, 5.74) is 3.33. The molecule has 10 heteroatoms. The first-order chi connectivity index (χ1) is 23.9. The second-order valence-corrected chi connectivity index (χ2v) is 15.9. The smallest absolute Gasteiger partial charge is 0.332 e. The Bertz CT molecular complexity index is 1620. The highest BCUT2D eigenvalue weighted by molar-refractivity contribution is 6.30. The SMILES string of the molecule is COC(=O)C1CC(=O)N(C)CC/C=C/[C@H](OCC(=O)OC(C)(C)C)[C@@H]2CC[C@H]2CN2C[C@@]3(CCCc4cc(Cl)ccc43)COc3ccc1cc32. The minimum atomic E-state index is -0.748. The molecule has 2 aromatic carbocycles. The maximum atomic E-state index is 13.5. The van der Waals surface area contributed by atoms with Crippen molar-refractivity contribution in [2.45, 2.75) is 88.8 Å². The van der Waals surface area contributed by atoms with Gasteiger partial charge in [0.15, 0.2) is 0 Å². The first-order valence-corrected chi connectivity index (χ1v) is 18.4. The van der Waals surface area contributed by atoms with Crippen LogP contribution < -0.4 is 9.64 Å². The third-order valence-electron chi connectivity index (χ3n) is 10.9. The monoisotopic (exact) mass is 706 g/mol. The molecule has 0 aromatic heterocycles. The number of hydrogen-bond acceptors (Lipinski definition) is 8. The highest BCUT2D eigenvalue weighted by Crippen LogP contribution is 2.47. The van der Waals surface area contributed by atoms with Crippen molar-refractivity contribution in [2.24, 2.45) is 11.8 Å². The van der Waals surface area contributed by atoms with Gasteiger partial charge in [-0.15, -0.1) is 0 Å². The number of anilines is 1. The maximum Gasteiger partial charge on any atom is 0.332 e. The van der Waals surface area contributed by atoms with Gasteiger partial charge in [-0.1, -0.05) is 35.9 Å². The van der Waals surface area contributed by atoms with Gasteiger partial charge in [-0.25, -0.2) is 4.79 Å². The molecule has 1 amide bonds. The number of hydrogen-bond donors (Lipinski definition) is 0. The van der Waals surface area contributed by atoms with Crippen molar-refractivity contribution < 1.29 is 33.3 Å². The standard InChI is InChI=1S/C40H51ClN2O7/c1-39(2,3)50-37(45)23-48-34-10-6-7-18-42(4)36(44)21-31(38(46)47-5)26-12-16-35-33(20-26)43(22-28-11-14-30(28)34)24-40(25-49-35)17-8-9-27-19-29(41)13-15-32(27)40/h6,10,12-13,15-16,19-20,28,30-31,34H,7-9,11,14,17-18,21-25H2,1-5H3/b10-6+/t28-,30+,31?,34-,40-/m0/s1. The minimum absolute atomic E-state index is 0.00305. The van der Waals surface area contributed by atoms with Crippen molar-refractivity contribution in [3.63, 3.8) is 0 Å². The van der Waals surface area contributed by atoms with E-state index in [4.69, 9.17) is 30.5 Å². The summed E-state index contributed by atoms with van der Waals surface area (Å²) in [6.45, 7) is 7.91. The van der Waals surface area contributed by atoms with Crippen LogP contribution in [0.15, 0.2) is 48.6 Å². The predicted octanol–water partition coefficient (Wildman–Crippen LogP) is 6.63. The lowest BCUT2D eigenvalue weighted by atomic mass is 9.68. The fourth-order valence-electron chi connectivity index (χ4n) is 8.18. The molecule has 4 aliphatic rings. The number of carbonyl (C=O) groups excluding carboxylic acids is 3. The molecule has 2 aromatic rings. The Hall–Kier alpha value is -3.56. The summed E-state index contributed by atoms with van der Waals surface area (Å²) in [4.78, 5) is 43.5. The number of rotatable bonds is 4. The summed E-state index contributed by atoms with van der Waals surface area (Å²) in [6.07, 6.45) is 9.42. The van der Waals surface area contributed by atoms with E-state index in [1.54, 1.807) is 11.9 Å². The second-order valence-electron chi connectivity index (χ2n) is 15.5. The number of ether oxygens (including phenoxy) is 4. The van der Waals surface area contributed by atoms with E-state index < -0.39 is 17.5 Å². The largest absolute Gasteiger partial charge is 0.490 e. The summed E-state index contributed by atoms with van der Waals surface area (Å²) in [5.74, 6) is -0.478. The number of carbonyl (C=O) groups is 3. The molecule has 1 unspecified atom stereocenters. The highest BCUT2D eigenvalue weighted by atomic mass is 35.5. The summed E-state index contributed by atoms with van der Waals surface area (Å²) in [6, 6.07) is 12.1. The molecule has 6 rings (SSSR count). The second kappa shape index (κ2) is 15.0. The number of methoxy groups -OCH3 is 1. The zero-order chi connectivity index (χ0) is 35.6.